The lowest BCUT2D eigenvalue weighted by Crippen LogP contribution is -2.60. The average molecular weight is 413 g/mol. The molecule has 1 aliphatic rings. The summed E-state index contributed by atoms with van der Waals surface area (Å²) in [4.78, 5) is 33.2. The summed E-state index contributed by atoms with van der Waals surface area (Å²) in [7, 11) is -4.03. The number of fused-ring (bicyclic) bond motifs is 1. The lowest BCUT2D eigenvalue weighted by atomic mass is 10.1. The largest absolute Gasteiger partial charge is 0.368 e. The smallest absolute Gasteiger partial charge is 0.253 e. The third-order valence-electron chi connectivity index (χ3n) is 4.97. The minimum Gasteiger partial charge on any atom is -0.368 e. The number of sulfonamides is 1. The van der Waals surface area contributed by atoms with Crippen LogP contribution in [0, 0.1) is 0 Å². The van der Waals surface area contributed by atoms with Crippen molar-refractivity contribution in [3.8, 4) is 0 Å². The van der Waals surface area contributed by atoms with E-state index in [2.05, 4.69) is 9.97 Å². The molecular weight excluding hydrogens is 394 g/mol. The lowest BCUT2D eigenvalue weighted by Gasteiger charge is -2.38. The zero-order valence-electron chi connectivity index (χ0n) is 15.4. The monoisotopic (exact) mass is 413 g/mol. The third kappa shape index (κ3) is 3.36. The second-order valence-electron chi connectivity index (χ2n) is 6.70. The predicted molar refractivity (Wildman–Crippen MR) is 105 cm³/mol. The number of nitrogens with one attached hydrogen (secondary N) is 1. The normalized spacial score (nSPS) is 18.1. The van der Waals surface area contributed by atoms with E-state index in [1.54, 1.807) is 48.7 Å². The van der Waals surface area contributed by atoms with Crippen molar-refractivity contribution in [1.29, 1.82) is 0 Å². The van der Waals surface area contributed by atoms with Crippen LogP contribution in [-0.4, -0.2) is 65.1 Å². The summed E-state index contributed by atoms with van der Waals surface area (Å²) in [6, 6.07) is 10.7. The molecule has 1 fully saturated rings. The first kappa shape index (κ1) is 19.1. The van der Waals surface area contributed by atoms with Gasteiger partial charge in [-0.2, -0.15) is 4.31 Å². The van der Waals surface area contributed by atoms with Crippen molar-refractivity contribution in [3.05, 3.63) is 60.4 Å². The molecule has 150 valence electrons. The van der Waals surface area contributed by atoms with Gasteiger partial charge in [0, 0.05) is 43.0 Å². The number of nitrogens with zero attached hydrogens (tertiary/aromatic N) is 3. The van der Waals surface area contributed by atoms with Crippen LogP contribution >= 0.6 is 0 Å². The Balaban J connectivity index is 1.65. The van der Waals surface area contributed by atoms with Crippen LogP contribution < -0.4 is 5.73 Å². The van der Waals surface area contributed by atoms with Gasteiger partial charge >= 0.3 is 0 Å². The standard InChI is InChI=1S/C19H19N5O4S/c20-17(25)15-12-23(19(26)13-5-2-1-3-6-13)9-10-24(15)29(27,28)16-11-22-18-14(16)7-4-8-21-18/h1-8,11,15H,9-10,12H2,(H2,20,25)(H,21,22)/t15-/m1/s1. The number of carbonyl (C=O) groups is 2. The molecule has 0 radical (unpaired) electrons. The summed E-state index contributed by atoms with van der Waals surface area (Å²) in [5.74, 6) is -1.08. The van der Waals surface area contributed by atoms with Gasteiger partial charge in [0.2, 0.25) is 15.9 Å². The number of aromatic nitrogens is 2. The van der Waals surface area contributed by atoms with Gasteiger partial charge in [0.1, 0.15) is 16.6 Å². The van der Waals surface area contributed by atoms with Crippen molar-refractivity contribution in [2.75, 3.05) is 19.6 Å². The fraction of sp³-hybridized carbons (Fsp3) is 0.211. The topological polar surface area (TPSA) is 129 Å². The van der Waals surface area contributed by atoms with E-state index < -0.39 is 22.0 Å². The Morgan fingerprint density at radius 1 is 1.10 bits per heavy atom. The molecule has 29 heavy (non-hydrogen) atoms. The fourth-order valence-corrected chi connectivity index (χ4v) is 5.23. The first-order valence-electron chi connectivity index (χ1n) is 8.97. The molecule has 0 aliphatic carbocycles. The number of benzene rings is 1. The van der Waals surface area contributed by atoms with E-state index >= 15 is 0 Å². The molecule has 0 saturated carbocycles. The van der Waals surface area contributed by atoms with Gasteiger partial charge in [-0.3, -0.25) is 9.59 Å². The number of aromatic amines is 1. The Morgan fingerprint density at radius 2 is 1.86 bits per heavy atom. The van der Waals surface area contributed by atoms with Gasteiger partial charge in [-0.05, 0) is 24.3 Å². The number of hydrogen-bond acceptors (Lipinski definition) is 5. The van der Waals surface area contributed by atoms with Crippen molar-refractivity contribution in [1.82, 2.24) is 19.2 Å². The Bertz CT molecular complexity index is 1180. The van der Waals surface area contributed by atoms with Crippen LogP contribution in [0.15, 0.2) is 59.8 Å². The van der Waals surface area contributed by atoms with Crippen LogP contribution in [0.4, 0.5) is 0 Å². The Kier molecular flexibility index (Phi) is 4.81. The van der Waals surface area contributed by atoms with Crippen LogP contribution in [0.25, 0.3) is 11.0 Å². The van der Waals surface area contributed by atoms with Crippen LogP contribution in [0.5, 0.6) is 0 Å². The molecular formula is C19H19N5O4S. The predicted octanol–water partition coefficient (Wildman–Crippen LogP) is 0.564. The van der Waals surface area contributed by atoms with Crippen molar-refractivity contribution in [2.45, 2.75) is 10.9 Å². The number of rotatable bonds is 4. The summed E-state index contributed by atoms with van der Waals surface area (Å²) in [5.41, 5.74) is 6.42. The first-order chi connectivity index (χ1) is 13.9. The second kappa shape index (κ2) is 7.30. The van der Waals surface area contributed by atoms with Gasteiger partial charge in [0.15, 0.2) is 0 Å². The number of nitrogens with two attached hydrogens (primary N) is 1. The van der Waals surface area contributed by atoms with E-state index in [1.807, 2.05) is 0 Å². The highest BCUT2D eigenvalue weighted by Gasteiger charge is 2.41. The number of hydrogen-bond donors (Lipinski definition) is 2. The molecule has 3 aromatic rings. The second-order valence-corrected chi connectivity index (χ2v) is 8.56. The molecule has 1 aliphatic heterocycles. The van der Waals surface area contributed by atoms with E-state index in [0.29, 0.717) is 16.6 Å². The molecule has 0 spiro atoms. The molecule has 2 amide bonds. The number of pyridine rings is 1. The summed E-state index contributed by atoms with van der Waals surface area (Å²) in [5, 5.41) is 0.429. The minimum absolute atomic E-state index is 0.0229. The maximum Gasteiger partial charge on any atom is 0.253 e. The highest BCUT2D eigenvalue weighted by atomic mass is 32.2. The van der Waals surface area contributed by atoms with Crippen LogP contribution in [-0.2, 0) is 14.8 Å². The number of amides is 2. The highest BCUT2D eigenvalue weighted by molar-refractivity contribution is 7.89. The Hall–Kier alpha value is -3.24. The number of carbonyl (C=O) groups excluding carboxylic acids is 2. The van der Waals surface area contributed by atoms with Gasteiger partial charge in [0.05, 0.1) is 0 Å². The van der Waals surface area contributed by atoms with E-state index in [4.69, 9.17) is 5.73 Å². The van der Waals surface area contributed by atoms with E-state index in [-0.39, 0.29) is 30.4 Å². The molecule has 0 bridgehead atoms. The minimum atomic E-state index is -4.03. The number of piperazine rings is 1. The van der Waals surface area contributed by atoms with Crippen molar-refractivity contribution >= 4 is 32.9 Å². The number of primary amides is 1. The Labute approximate surface area is 167 Å². The summed E-state index contributed by atoms with van der Waals surface area (Å²) >= 11 is 0. The molecule has 1 aromatic carbocycles. The quantitative estimate of drug-likeness (QED) is 0.646. The summed E-state index contributed by atoms with van der Waals surface area (Å²) in [6.45, 7) is 0.00168. The molecule has 4 rings (SSSR count). The van der Waals surface area contributed by atoms with E-state index in [9.17, 15) is 18.0 Å². The molecule has 1 saturated heterocycles. The zero-order valence-corrected chi connectivity index (χ0v) is 16.2. The molecule has 0 unspecified atom stereocenters. The van der Waals surface area contributed by atoms with Gasteiger partial charge in [0.25, 0.3) is 5.91 Å². The van der Waals surface area contributed by atoms with Crippen molar-refractivity contribution in [3.63, 3.8) is 0 Å². The van der Waals surface area contributed by atoms with E-state index in [1.165, 1.54) is 11.1 Å². The maximum absolute atomic E-state index is 13.3. The van der Waals surface area contributed by atoms with Crippen LogP contribution in [0.2, 0.25) is 0 Å². The van der Waals surface area contributed by atoms with Gasteiger partial charge in [-0.25, -0.2) is 13.4 Å². The molecule has 3 N–H and O–H groups in total. The summed E-state index contributed by atoms with van der Waals surface area (Å²) < 4.78 is 27.7. The SMILES string of the molecule is NC(=O)[C@H]1CN(C(=O)c2ccccc2)CCN1S(=O)(=O)c1c[nH]c2ncccc12. The fourth-order valence-electron chi connectivity index (χ4n) is 3.50. The molecule has 1 atom stereocenters. The lowest BCUT2D eigenvalue weighted by molar-refractivity contribution is -0.122. The van der Waals surface area contributed by atoms with Gasteiger partial charge in [-0.1, -0.05) is 18.2 Å². The zero-order chi connectivity index (χ0) is 20.6. The summed E-state index contributed by atoms with van der Waals surface area (Å²) in [6.07, 6.45) is 2.90. The third-order valence-corrected chi connectivity index (χ3v) is 6.92. The highest BCUT2D eigenvalue weighted by Crippen LogP contribution is 2.27. The molecule has 10 heteroatoms. The maximum atomic E-state index is 13.3. The van der Waals surface area contributed by atoms with Gasteiger partial charge < -0.3 is 15.6 Å². The molecule has 2 aromatic heterocycles. The molecule has 9 nitrogen and oxygen atoms in total. The van der Waals surface area contributed by atoms with Crippen LogP contribution in [0.1, 0.15) is 10.4 Å². The molecule has 3 heterocycles. The Morgan fingerprint density at radius 3 is 2.59 bits per heavy atom. The van der Waals surface area contributed by atoms with Gasteiger partial charge in [-0.15, -0.1) is 0 Å². The van der Waals surface area contributed by atoms with E-state index in [0.717, 1.165) is 4.31 Å². The van der Waals surface area contributed by atoms with Crippen molar-refractivity contribution in [2.24, 2.45) is 5.73 Å². The first-order valence-corrected chi connectivity index (χ1v) is 10.4. The van der Waals surface area contributed by atoms with Crippen molar-refractivity contribution < 1.29 is 18.0 Å². The number of H-pyrrole nitrogens is 1. The average Bonchev–Trinajstić information content (AvgIpc) is 3.18. The van der Waals surface area contributed by atoms with Crippen LogP contribution in [0.3, 0.4) is 0 Å².